The molecule has 2 heterocycles. The first-order valence-corrected chi connectivity index (χ1v) is 10.4. The minimum absolute atomic E-state index is 0.0172. The Bertz CT molecular complexity index is 1140. The van der Waals surface area contributed by atoms with Crippen molar-refractivity contribution in [1.82, 2.24) is 20.4 Å². The topological polar surface area (TPSA) is 98.4 Å². The second-order valence-electron chi connectivity index (χ2n) is 7.66. The molecule has 3 aromatic rings. The van der Waals surface area contributed by atoms with Gasteiger partial charge in [0, 0.05) is 37.3 Å². The average Bonchev–Trinajstić information content (AvgIpc) is 2.81. The van der Waals surface area contributed by atoms with Gasteiger partial charge in [-0.1, -0.05) is 36.4 Å². The summed E-state index contributed by atoms with van der Waals surface area (Å²) in [5.41, 5.74) is 1.33. The van der Waals surface area contributed by atoms with Crippen molar-refractivity contribution in [3.05, 3.63) is 70.6 Å². The number of H-pyrrole nitrogens is 1. The number of hydrogen-bond acceptors (Lipinski definition) is 5. The van der Waals surface area contributed by atoms with Crippen LogP contribution in [0.15, 0.2) is 59.4 Å². The van der Waals surface area contributed by atoms with Crippen molar-refractivity contribution in [2.24, 2.45) is 0 Å². The minimum atomic E-state index is -0.634. The number of nitrogens with one attached hydrogen (secondary N) is 2. The summed E-state index contributed by atoms with van der Waals surface area (Å²) >= 11 is 0. The first kappa shape index (κ1) is 20.6. The van der Waals surface area contributed by atoms with Crippen LogP contribution in [-0.4, -0.2) is 59.1 Å². The van der Waals surface area contributed by atoms with Gasteiger partial charge in [-0.2, -0.15) is 5.10 Å². The molecule has 8 nitrogen and oxygen atoms in total. The standard InChI is InChI=1S/C23H25N5O3/c1-16(23(31)28-13-11-27(12-14-28)17-7-3-2-4-8-17)24-21(29)15-20-18-9-5-6-10-19(18)22(30)26-25-20/h2-10,16H,11-15H2,1H3,(H,24,29)(H,26,30)/t16-/m1/s1. The molecule has 1 aromatic heterocycles. The van der Waals surface area contributed by atoms with Gasteiger partial charge in [0.1, 0.15) is 6.04 Å². The molecule has 31 heavy (non-hydrogen) atoms. The van der Waals surface area contributed by atoms with Crippen LogP contribution in [0.4, 0.5) is 5.69 Å². The molecule has 0 spiro atoms. The van der Waals surface area contributed by atoms with Crippen LogP contribution in [0.5, 0.6) is 0 Å². The van der Waals surface area contributed by atoms with Gasteiger partial charge in [-0.3, -0.25) is 14.4 Å². The molecule has 2 N–H and O–H groups in total. The van der Waals surface area contributed by atoms with E-state index in [1.165, 1.54) is 0 Å². The van der Waals surface area contributed by atoms with Gasteiger partial charge in [-0.05, 0) is 25.1 Å². The number of rotatable bonds is 5. The fraction of sp³-hybridized carbons (Fsp3) is 0.304. The molecule has 2 amide bonds. The highest BCUT2D eigenvalue weighted by Crippen LogP contribution is 2.16. The Hall–Kier alpha value is -3.68. The van der Waals surface area contributed by atoms with Gasteiger partial charge in [0.05, 0.1) is 17.5 Å². The first-order chi connectivity index (χ1) is 15.0. The van der Waals surface area contributed by atoms with Crippen molar-refractivity contribution in [2.45, 2.75) is 19.4 Å². The number of aromatic nitrogens is 2. The quantitative estimate of drug-likeness (QED) is 0.650. The Balaban J connectivity index is 1.34. The minimum Gasteiger partial charge on any atom is -0.368 e. The Morgan fingerprint density at radius 2 is 1.65 bits per heavy atom. The molecule has 1 saturated heterocycles. The lowest BCUT2D eigenvalue weighted by molar-refractivity contribution is -0.136. The number of benzene rings is 2. The predicted molar refractivity (Wildman–Crippen MR) is 119 cm³/mol. The predicted octanol–water partition coefficient (Wildman–Crippen LogP) is 1.32. The molecule has 1 aliphatic heterocycles. The lowest BCUT2D eigenvalue weighted by Gasteiger charge is -2.37. The number of piperazine rings is 1. The third kappa shape index (κ3) is 4.58. The fourth-order valence-electron chi connectivity index (χ4n) is 3.91. The maximum absolute atomic E-state index is 12.8. The number of carbonyl (C=O) groups is 2. The summed E-state index contributed by atoms with van der Waals surface area (Å²) in [6.07, 6.45) is -0.0172. The molecule has 160 valence electrons. The van der Waals surface area contributed by atoms with E-state index in [0.717, 1.165) is 18.8 Å². The number of para-hydroxylation sites is 1. The Morgan fingerprint density at radius 3 is 2.35 bits per heavy atom. The summed E-state index contributed by atoms with van der Waals surface area (Å²) < 4.78 is 0. The number of amides is 2. The number of anilines is 1. The van der Waals surface area contributed by atoms with E-state index in [4.69, 9.17) is 0 Å². The van der Waals surface area contributed by atoms with Gasteiger partial charge in [0.2, 0.25) is 11.8 Å². The van der Waals surface area contributed by atoms with Gasteiger partial charge in [-0.25, -0.2) is 5.10 Å². The average molecular weight is 419 g/mol. The van der Waals surface area contributed by atoms with E-state index in [-0.39, 0.29) is 23.8 Å². The largest absolute Gasteiger partial charge is 0.368 e. The molecule has 2 aromatic carbocycles. The van der Waals surface area contributed by atoms with Gasteiger partial charge in [0.25, 0.3) is 5.56 Å². The summed E-state index contributed by atoms with van der Waals surface area (Å²) in [6.45, 7) is 4.43. The highest BCUT2D eigenvalue weighted by atomic mass is 16.2. The van der Waals surface area contributed by atoms with Crippen LogP contribution in [0.25, 0.3) is 10.8 Å². The second kappa shape index (κ2) is 8.99. The maximum atomic E-state index is 12.8. The van der Waals surface area contributed by atoms with E-state index in [9.17, 15) is 14.4 Å². The third-order valence-electron chi connectivity index (χ3n) is 5.56. The van der Waals surface area contributed by atoms with E-state index >= 15 is 0 Å². The van der Waals surface area contributed by atoms with Crippen LogP contribution >= 0.6 is 0 Å². The zero-order valence-electron chi connectivity index (χ0n) is 17.4. The molecule has 0 bridgehead atoms. The van der Waals surface area contributed by atoms with Gasteiger partial charge in [-0.15, -0.1) is 0 Å². The second-order valence-corrected chi connectivity index (χ2v) is 7.66. The van der Waals surface area contributed by atoms with Crippen LogP contribution in [0, 0.1) is 0 Å². The number of hydrogen-bond donors (Lipinski definition) is 2. The molecule has 1 aliphatic rings. The van der Waals surface area contributed by atoms with E-state index < -0.39 is 6.04 Å². The Morgan fingerprint density at radius 1 is 1.00 bits per heavy atom. The molecule has 0 saturated carbocycles. The third-order valence-corrected chi connectivity index (χ3v) is 5.56. The lowest BCUT2D eigenvalue weighted by atomic mass is 10.1. The van der Waals surface area contributed by atoms with Crippen molar-refractivity contribution in [2.75, 3.05) is 31.1 Å². The van der Waals surface area contributed by atoms with E-state index in [2.05, 4.69) is 32.5 Å². The normalized spacial score (nSPS) is 15.0. The molecular formula is C23H25N5O3. The highest BCUT2D eigenvalue weighted by molar-refractivity contribution is 5.91. The molecule has 1 fully saturated rings. The van der Waals surface area contributed by atoms with E-state index in [0.29, 0.717) is 29.6 Å². The van der Waals surface area contributed by atoms with Crippen molar-refractivity contribution in [3.63, 3.8) is 0 Å². The van der Waals surface area contributed by atoms with Gasteiger partial charge in [0.15, 0.2) is 0 Å². The zero-order chi connectivity index (χ0) is 21.8. The highest BCUT2D eigenvalue weighted by Gasteiger charge is 2.26. The van der Waals surface area contributed by atoms with E-state index in [1.807, 2.05) is 18.2 Å². The number of nitrogens with zero attached hydrogens (tertiary/aromatic N) is 3. The summed E-state index contributed by atoms with van der Waals surface area (Å²) in [4.78, 5) is 41.3. The first-order valence-electron chi connectivity index (χ1n) is 10.4. The molecule has 0 aliphatic carbocycles. The van der Waals surface area contributed by atoms with Crippen molar-refractivity contribution in [3.8, 4) is 0 Å². The lowest BCUT2D eigenvalue weighted by Crippen LogP contribution is -2.54. The van der Waals surface area contributed by atoms with Crippen molar-refractivity contribution < 1.29 is 9.59 Å². The van der Waals surface area contributed by atoms with Crippen LogP contribution < -0.4 is 15.8 Å². The Labute approximate surface area is 179 Å². The molecule has 0 unspecified atom stereocenters. The van der Waals surface area contributed by atoms with Crippen LogP contribution in [0.1, 0.15) is 12.6 Å². The zero-order valence-corrected chi connectivity index (χ0v) is 17.4. The Kier molecular flexibility index (Phi) is 5.97. The molecule has 1 atom stereocenters. The summed E-state index contributed by atoms with van der Waals surface area (Å²) in [6, 6.07) is 16.5. The van der Waals surface area contributed by atoms with Crippen molar-refractivity contribution in [1.29, 1.82) is 0 Å². The van der Waals surface area contributed by atoms with Crippen LogP contribution in [0.3, 0.4) is 0 Å². The van der Waals surface area contributed by atoms with Gasteiger partial charge < -0.3 is 15.1 Å². The maximum Gasteiger partial charge on any atom is 0.272 e. The van der Waals surface area contributed by atoms with Gasteiger partial charge >= 0.3 is 0 Å². The van der Waals surface area contributed by atoms with Crippen molar-refractivity contribution >= 4 is 28.3 Å². The van der Waals surface area contributed by atoms with E-state index in [1.54, 1.807) is 36.1 Å². The summed E-state index contributed by atoms with van der Waals surface area (Å²) in [7, 11) is 0. The molecule has 8 heteroatoms. The van der Waals surface area contributed by atoms with Crippen LogP contribution in [-0.2, 0) is 16.0 Å². The van der Waals surface area contributed by atoms with Crippen LogP contribution in [0.2, 0.25) is 0 Å². The SMILES string of the molecule is C[C@@H](NC(=O)Cc1n[nH]c(=O)c2ccccc12)C(=O)N1CCN(c2ccccc2)CC1. The summed E-state index contributed by atoms with van der Waals surface area (Å²) in [5.74, 6) is -0.408. The monoisotopic (exact) mass is 419 g/mol. The molecular weight excluding hydrogens is 394 g/mol. The number of carbonyl (C=O) groups excluding carboxylic acids is 2. The summed E-state index contributed by atoms with van der Waals surface area (Å²) in [5, 5.41) is 10.3. The smallest absolute Gasteiger partial charge is 0.272 e. The number of aromatic amines is 1. The fourth-order valence-corrected chi connectivity index (χ4v) is 3.91. The molecule has 0 radical (unpaired) electrons. The number of fused-ring (bicyclic) bond motifs is 1. The molecule has 4 rings (SSSR count).